The Labute approximate surface area is 85.1 Å². The first-order chi connectivity index (χ1) is 6.63. The Morgan fingerprint density at radius 1 is 1.43 bits per heavy atom. The summed E-state index contributed by atoms with van der Waals surface area (Å²) in [4.78, 5) is 6.61. The lowest BCUT2D eigenvalue weighted by molar-refractivity contribution is 0.332. The fourth-order valence-corrected chi connectivity index (χ4v) is 1.86. The van der Waals surface area contributed by atoms with Crippen molar-refractivity contribution in [2.75, 3.05) is 23.8 Å². The van der Waals surface area contributed by atoms with Crippen molar-refractivity contribution in [1.29, 1.82) is 0 Å². The molecule has 1 aliphatic heterocycles. The van der Waals surface area contributed by atoms with Crippen LogP contribution < -0.4 is 10.2 Å². The summed E-state index contributed by atoms with van der Waals surface area (Å²) >= 11 is 0. The van der Waals surface area contributed by atoms with Gasteiger partial charge >= 0.3 is 0 Å². The first kappa shape index (κ1) is 9.31. The summed E-state index contributed by atoms with van der Waals surface area (Å²) in [5.41, 5.74) is 2.59. The molecule has 1 aromatic heterocycles. The molecule has 1 N–H and O–H groups in total. The quantitative estimate of drug-likeness (QED) is 0.776. The van der Waals surface area contributed by atoms with Gasteiger partial charge in [-0.15, -0.1) is 0 Å². The summed E-state index contributed by atoms with van der Waals surface area (Å²) in [5.74, 6) is 0. The topological polar surface area (TPSA) is 28.2 Å². The number of hydrogen-bond donors (Lipinski definition) is 1. The zero-order chi connectivity index (χ0) is 10.2. The molecule has 1 aliphatic rings. The SMILES string of the molecule is CNc1cncc(N2CCC2(C)C)c1. The molecule has 0 amide bonds. The second-order valence-corrected chi connectivity index (χ2v) is 4.40. The van der Waals surface area contributed by atoms with E-state index in [0.717, 1.165) is 12.2 Å². The minimum absolute atomic E-state index is 0.300. The molecular weight excluding hydrogens is 174 g/mol. The standard InChI is InChI=1S/C11H17N3/c1-11(2)4-5-14(11)10-6-9(12-3)7-13-8-10/h6-8,12H,4-5H2,1-3H3. The maximum Gasteiger partial charge on any atom is 0.0577 e. The van der Waals surface area contributed by atoms with Gasteiger partial charge in [0, 0.05) is 19.1 Å². The molecule has 1 saturated heterocycles. The van der Waals surface area contributed by atoms with Crippen molar-refractivity contribution in [1.82, 2.24) is 4.98 Å². The molecule has 0 aromatic carbocycles. The van der Waals surface area contributed by atoms with E-state index in [4.69, 9.17) is 0 Å². The van der Waals surface area contributed by atoms with E-state index in [1.165, 1.54) is 12.1 Å². The van der Waals surface area contributed by atoms with Crippen LogP contribution in [0.5, 0.6) is 0 Å². The highest BCUT2D eigenvalue weighted by Crippen LogP contribution is 2.35. The smallest absolute Gasteiger partial charge is 0.0577 e. The lowest BCUT2D eigenvalue weighted by atomic mass is 9.88. The number of anilines is 2. The lowest BCUT2D eigenvalue weighted by Crippen LogP contribution is -2.56. The van der Waals surface area contributed by atoms with E-state index in [9.17, 15) is 0 Å². The molecule has 0 atom stereocenters. The number of hydrogen-bond acceptors (Lipinski definition) is 3. The molecular formula is C11H17N3. The van der Waals surface area contributed by atoms with Crippen molar-refractivity contribution >= 4 is 11.4 Å². The van der Waals surface area contributed by atoms with E-state index >= 15 is 0 Å². The maximum absolute atomic E-state index is 4.22. The largest absolute Gasteiger partial charge is 0.387 e. The van der Waals surface area contributed by atoms with Crippen molar-refractivity contribution in [3.63, 3.8) is 0 Å². The first-order valence-corrected chi connectivity index (χ1v) is 5.04. The van der Waals surface area contributed by atoms with E-state index in [2.05, 4.69) is 35.1 Å². The second-order valence-electron chi connectivity index (χ2n) is 4.40. The molecule has 0 saturated carbocycles. The molecule has 2 rings (SSSR count). The third-order valence-corrected chi connectivity index (χ3v) is 3.00. The van der Waals surface area contributed by atoms with Gasteiger partial charge in [0.25, 0.3) is 0 Å². The van der Waals surface area contributed by atoms with Gasteiger partial charge < -0.3 is 10.2 Å². The zero-order valence-electron chi connectivity index (χ0n) is 9.04. The number of aromatic nitrogens is 1. The molecule has 1 aromatic rings. The van der Waals surface area contributed by atoms with E-state index < -0.39 is 0 Å². The summed E-state index contributed by atoms with van der Waals surface area (Å²) in [7, 11) is 1.92. The van der Waals surface area contributed by atoms with Crippen molar-refractivity contribution in [3.05, 3.63) is 18.5 Å². The summed E-state index contributed by atoms with van der Waals surface area (Å²) in [6.07, 6.45) is 5.04. The Kier molecular flexibility index (Phi) is 2.10. The highest BCUT2D eigenvalue weighted by Gasteiger charge is 2.35. The number of rotatable bonds is 2. The second kappa shape index (κ2) is 3.15. The average molecular weight is 191 g/mol. The van der Waals surface area contributed by atoms with Crippen LogP contribution in [-0.4, -0.2) is 24.1 Å². The predicted octanol–water partition coefficient (Wildman–Crippen LogP) is 2.11. The van der Waals surface area contributed by atoms with Crippen LogP contribution in [0.2, 0.25) is 0 Å². The van der Waals surface area contributed by atoms with Crippen LogP contribution in [0.1, 0.15) is 20.3 Å². The number of pyridine rings is 1. The van der Waals surface area contributed by atoms with Gasteiger partial charge in [0.15, 0.2) is 0 Å². The molecule has 14 heavy (non-hydrogen) atoms. The maximum atomic E-state index is 4.22. The molecule has 0 aliphatic carbocycles. The lowest BCUT2D eigenvalue weighted by Gasteiger charge is -2.50. The zero-order valence-corrected chi connectivity index (χ0v) is 9.04. The van der Waals surface area contributed by atoms with Crippen LogP contribution in [0, 0.1) is 0 Å². The molecule has 0 unspecified atom stereocenters. The van der Waals surface area contributed by atoms with Gasteiger partial charge in [-0.2, -0.15) is 0 Å². The Morgan fingerprint density at radius 3 is 2.71 bits per heavy atom. The van der Waals surface area contributed by atoms with Gasteiger partial charge in [-0.1, -0.05) is 0 Å². The van der Waals surface area contributed by atoms with Gasteiger partial charge in [0.1, 0.15) is 0 Å². The average Bonchev–Trinajstić information content (AvgIpc) is 2.17. The summed E-state index contributed by atoms with van der Waals surface area (Å²) in [5, 5.41) is 3.11. The first-order valence-electron chi connectivity index (χ1n) is 5.04. The van der Waals surface area contributed by atoms with Crippen molar-refractivity contribution in [2.45, 2.75) is 25.8 Å². The summed E-state index contributed by atoms with van der Waals surface area (Å²) < 4.78 is 0. The predicted molar refractivity (Wildman–Crippen MR) is 59.8 cm³/mol. The normalized spacial score (nSPS) is 18.9. The Balaban J connectivity index is 2.24. The Morgan fingerprint density at radius 2 is 2.21 bits per heavy atom. The van der Waals surface area contributed by atoms with Crippen LogP contribution in [-0.2, 0) is 0 Å². The fraction of sp³-hybridized carbons (Fsp3) is 0.545. The van der Waals surface area contributed by atoms with Crippen LogP contribution in [0.3, 0.4) is 0 Å². The third kappa shape index (κ3) is 1.43. The van der Waals surface area contributed by atoms with E-state index in [1.807, 2.05) is 19.4 Å². The molecule has 3 heteroatoms. The monoisotopic (exact) mass is 191 g/mol. The summed E-state index contributed by atoms with van der Waals surface area (Å²) in [6, 6.07) is 2.15. The molecule has 2 heterocycles. The highest BCUT2D eigenvalue weighted by molar-refractivity contribution is 5.58. The van der Waals surface area contributed by atoms with Gasteiger partial charge in [0.2, 0.25) is 0 Å². The van der Waals surface area contributed by atoms with E-state index in [1.54, 1.807) is 0 Å². The molecule has 76 valence electrons. The summed E-state index contributed by atoms with van der Waals surface area (Å²) in [6.45, 7) is 5.67. The van der Waals surface area contributed by atoms with E-state index in [0.29, 0.717) is 5.54 Å². The molecule has 1 fully saturated rings. The van der Waals surface area contributed by atoms with Crippen LogP contribution >= 0.6 is 0 Å². The van der Waals surface area contributed by atoms with Crippen LogP contribution in [0.4, 0.5) is 11.4 Å². The highest BCUT2D eigenvalue weighted by atomic mass is 15.3. The molecule has 3 nitrogen and oxygen atoms in total. The van der Waals surface area contributed by atoms with Crippen LogP contribution in [0.25, 0.3) is 0 Å². The minimum atomic E-state index is 0.300. The number of nitrogens with zero attached hydrogens (tertiary/aromatic N) is 2. The number of nitrogens with one attached hydrogen (secondary N) is 1. The van der Waals surface area contributed by atoms with Crippen molar-refractivity contribution in [3.8, 4) is 0 Å². The molecule has 0 radical (unpaired) electrons. The van der Waals surface area contributed by atoms with Crippen molar-refractivity contribution < 1.29 is 0 Å². The fourth-order valence-electron chi connectivity index (χ4n) is 1.86. The minimum Gasteiger partial charge on any atom is -0.387 e. The third-order valence-electron chi connectivity index (χ3n) is 3.00. The Bertz CT molecular complexity index is 333. The Hall–Kier alpha value is -1.25. The van der Waals surface area contributed by atoms with Gasteiger partial charge in [0.05, 0.1) is 23.8 Å². The van der Waals surface area contributed by atoms with E-state index in [-0.39, 0.29) is 0 Å². The van der Waals surface area contributed by atoms with Crippen LogP contribution in [0.15, 0.2) is 18.5 Å². The molecule has 0 spiro atoms. The molecule has 0 bridgehead atoms. The van der Waals surface area contributed by atoms with Crippen molar-refractivity contribution in [2.24, 2.45) is 0 Å². The van der Waals surface area contributed by atoms with Gasteiger partial charge in [-0.05, 0) is 26.3 Å². The van der Waals surface area contributed by atoms with Gasteiger partial charge in [-0.25, -0.2) is 0 Å². The van der Waals surface area contributed by atoms with Gasteiger partial charge in [-0.3, -0.25) is 4.98 Å².